The number of nitrogens with zero attached hydrogens (tertiary/aromatic N) is 3. The number of hydrogen-bond donors (Lipinski definition) is 1. The van der Waals surface area contributed by atoms with Crippen molar-refractivity contribution in [1.82, 2.24) is 19.9 Å². The van der Waals surface area contributed by atoms with Crippen LogP contribution in [0.4, 0.5) is 0 Å². The molecule has 0 spiro atoms. The first-order valence-electron chi connectivity index (χ1n) is 5.43. The van der Waals surface area contributed by atoms with Crippen LogP contribution in [0.15, 0.2) is 36.9 Å². The average Bonchev–Trinajstić information content (AvgIpc) is 2.75. The quantitative estimate of drug-likeness (QED) is 0.813. The first-order chi connectivity index (χ1) is 7.90. The van der Waals surface area contributed by atoms with Crippen molar-refractivity contribution in [2.24, 2.45) is 0 Å². The van der Waals surface area contributed by atoms with Gasteiger partial charge in [0.15, 0.2) is 0 Å². The largest absolute Gasteiger partial charge is 0.333 e. The van der Waals surface area contributed by atoms with Crippen molar-refractivity contribution in [3.63, 3.8) is 0 Å². The molecule has 4 nitrogen and oxygen atoms in total. The van der Waals surface area contributed by atoms with E-state index in [1.165, 1.54) is 5.56 Å². The summed E-state index contributed by atoms with van der Waals surface area (Å²) < 4.78 is 2.18. The van der Waals surface area contributed by atoms with Crippen molar-refractivity contribution in [3.05, 3.63) is 48.3 Å². The molecule has 0 aliphatic rings. The number of nitrogens with one attached hydrogen (secondary N) is 1. The standard InChI is InChI=1S/C12H16N4/c1-13-6-8-16-9-7-15-12(16)10-11-2-4-14-5-3-11/h2-5,7,9,13H,6,8,10H2,1H3. The van der Waals surface area contributed by atoms with E-state index < -0.39 is 0 Å². The number of imidazole rings is 1. The molecular weight excluding hydrogens is 200 g/mol. The molecule has 2 aromatic rings. The van der Waals surface area contributed by atoms with Crippen LogP contribution in [0.3, 0.4) is 0 Å². The predicted octanol–water partition coefficient (Wildman–Crippen LogP) is 1.09. The van der Waals surface area contributed by atoms with Crippen LogP contribution in [0.5, 0.6) is 0 Å². The van der Waals surface area contributed by atoms with Gasteiger partial charge in [0.1, 0.15) is 5.82 Å². The summed E-state index contributed by atoms with van der Waals surface area (Å²) in [6.45, 7) is 1.91. The Labute approximate surface area is 95.4 Å². The maximum Gasteiger partial charge on any atom is 0.113 e. The predicted molar refractivity (Wildman–Crippen MR) is 63.2 cm³/mol. The Hall–Kier alpha value is -1.68. The van der Waals surface area contributed by atoms with E-state index in [0.717, 1.165) is 25.3 Å². The normalized spacial score (nSPS) is 10.6. The van der Waals surface area contributed by atoms with Crippen molar-refractivity contribution < 1.29 is 0 Å². The number of aromatic nitrogens is 3. The van der Waals surface area contributed by atoms with Crippen LogP contribution < -0.4 is 5.32 Å². The van der Waals surface area contributed by atoms with Gasteiger partial charge in [-0.15, -0.1) is 0 Å². The molecule has 2 aromatic heterocycles. The monoisotopic (exact) mass is 216 g/mol. The molecule has 0 bridgehead atoms. The summed E-state index contributed by atoms with van der Waals surface area (Å²) in [5.41, 5.74) is 1.24. The first-order valence-corrected chi connectivity index (χ1v) is 5.43. The lowest BCUT2D eigenvalue weighted by molar-refractivity contribution is 0.621. The Balaban J connectivity index is 2.07. The summed E-state index contributed by atoms with van der Waals surface area (Å²) in [5, 5.41) is 3.14. The van der Waals surface area contributed by atoms with E-state index >= 15 is 0 Å². The Morgan fingerprint density at radius 1 is 1.25 bits per heavy atom. The minimum atomic E-state index is 0.860. The van der Waals surface area contributed by atoms with E-state index in [4.69, 9.17) is 0 Å². The van der Waals surface area contributed by atoms with Gasteiger partial charge in [-0.2, -0.15) is 0 Å². The van der Waals surface area contributed by atoms with Gasteiger partial charge < -0.3 is 9.88 Å². The molecule has 0 saturated heterocycles. The molecule has 4 heteroatoms. The van der Waals surface area contributed by atoms with Crippen molar-refractivity contribution in [1.29, 1.82) is 0 Å². The number of hydrogen-bond acceptors (Lipinski definition) is 3. The lowest BCUT2D eigenvalue weighted by atomic mass is 10.2. The van der Waals surface area contributed by atoms with E-state index in [-0.39, 0.29) is 0 Å². The molecule has 0 aliphatic heterocycles. The molecule has 0 saturated carbocycles. The maximum absolute atomic E-state index is 4.38. The summed E-state index contributed by atoms with van der Waals surface area (Å²) in [7, 11) is 1.96. The number of pyridine rings is 1. The van der Waals surface area contributed by atoms with Gasteiger partial charge in [-0.25, -0.2) is 4.98 Å². The first kappa shape index (κ1) is 10.8. The molecule has 1 N–H and O–H groups in total. The van der Waals surface area contributed by atoms with Crippen LogP contribution in [0.25, 0.3) is 0 Å². The van der Waals surface area contributed by atoms with E-state index in [0.29, 0.717) is 0 Å². The van der Waals surface area contributed by atoms with Gasteiger partial charge in [0.2, 0.25) is 0 Å². The zero-order valence-corrected chi connectivity index (χ0v) is 9.43. The van der Waals surface area contributed by atoms with E-state index in [1.807, 2.05) is 44.0 Å². The second-order valence-corrected chi connectivity index (χ2v) is 3.67. The van der Waals surface area contributed by atoms with Crippen LogP contribution >= 0.6 is 0 Å². The zero-order valence-electron chi connectivity index (χ0n) is 9.43. The summed E-state index contributed by atoms with van der Waals surface area (Å²) >= 11 is 0. The van der Waals surface area contributed by atoms with Crippen LogP contribution in [-0.4, -0.2) is 28.1 Å². The summed E-state index contributed by atoms with van der Waals surface area (Å²) in [6, 6.07) is 4.05. The molecule has 0 fully saturated rings. The highest BCUT2D eigenvalue weighted by Crippen LogP contribution is 2.06. The molecule has 0 aromatic carbocycles. The lowest BCUT2D eigenvalue weighted by Crippen LogP contribution is -2.16. The Morgan fingerprint density at radius 3 is 2.81 bits per heavy atom. The molecule has 16 heavy (non-hydrogen) atoms. The van der Waals surface area contributed by atoms with Gasteiger partial charge in [0.25, 0.3) is 0 Å². The van der Waals surface area contributed by atoms with Crippen molar-refractivity contribution in [3.8, 4) is 0 Å². The molecule has 0 aliphatic carbocycles. The highest BCUT2D eigenvalue weighted by molar-refractivity contribution is 5.15. The minimum absolute atomic E-state index is 0.860. The maximum atomic E-state index is 4.38. The third kappa shape index (κ3) is 2.67. The van der Waals surface area contributed by atoms with E-state index in [2.05, 4.69) is 19.9 Å². The molecule has 2 rings (SSSR count). The summed E-state index contributed by atoms with van der Waals surface area (Å²) in [6.07, 6.45) is 8.37. The van der Waals surface area contributed by atoms with Gasteiger partial charge in [0.05, 0.1) is 0 Å². The smallest absolute Gasteiger partial charge is 0.113 e. The topological polar surface area (TPSA) is 42.7 Å². The van der Waals surface area contributed by atoms with Crippen LogP contribution in [-0.2, 0) is 13.0 Å². The highest BCUT2D eigenvalue weighted by atomic mass is 15.1. The molecule has 0 amide bonds. The fourth-order valence-corrected chi connectivity index (χ4v) is 1.63. The van der Waals surface area contributed by atoms with Gasteiger partial charge in [0, 0.05) is 44.3 Å². The lowest BCUT2D eigenvalue weighted by Gasteiger charge is -2.07. The molecule has 0 atom stereocenters. The number of likely N-dealkylation sites (N-methyl/N-ethyl adjacent to an activating group) is 1. The third-order valence-corrected chi connectivity index (χ3v) is 2.52. The van der Waals surface area contributed by atoms with Gasteiger partial charge in [-0.3, -0.25) is 4.98 Å². The van der Waals surface area contributed by atoms with Crippen LogP contribution in [0.2, 0.25) is 0 Å². The Bertz CT molecular complexity index is 422. The second-order valence-electron chi connectivity index (χ2n) is 3.67. The van der Waals surface area contributed by atoms with Crippen LogP contribution in [0, 0.1) is 0 Å². The second kappa shape index (κ2) is 5.42. The van der Waals surface area contributed by atoms with Crippen molar-refractivity contribution in [2.75, 3.05) is 13.6 Å². The molecule has 2 heterocycles. The van der Waals surface area contributed by atoms with Gasteiger partial charge >= 0.3 is 0 Å². The third-order valence-electron chi connectivity index (χ3n) is 2.52. The minimum Gasteiger partial charge on any atom is -0.333 e. The fourth-order valence-electron chi connectivity index (χ4n) is 1.63. The fraction of sp³-hybridized carbons (Fsp3) is 0.333. The van der Waals surface area contributed by atoms with E-state index in [1.54, 1.807) is 0 Å². The zero-order chi connectivity index (χ0) is 11.2. The number of rotatable bonds is 5. The van der Waals surface area contributed by atoms with Gasteiger partial charge in [-0.1, -0.05) is 0 Å². The molecule has 84 valence electrons. The highest BCUT2D eigenvalue weighted by Gasteiger charge is 2.03. The Kier molecular flexibility index (Phi) is 3.66. The van der Waals surface area contributed by atoms with Crippen LogP contribution in [0.1, 0.15) is 11.4 Å². The summed E-state index contributed by atoms with van der Waals surface area (Å²) in [4.78, 5) is 8.39. The van der Waals surface area contributed by atoms with Crippen molar-refractivity contribution >= 4 is 0 Å². The molecule has 0 unspecified atom stereocenters. The molecule has 0 radical (unpaired) electrons. The SMILES string of the molecule is CNCCn1ccnc1Cc1ccncc1. The van der Waals surface area contributed by atoms with Gasteiger partial charge in [-0.05, 0) is 24.7 Å². The molecular formula is C12H16N4. The van der Waals surface area contributed by atoms with E-state index in [9.17, 15) is 0 Å². The Morgan fingerprint density at radius 2 is 2.06 bits per heavy atom. The average molecular weight is 216 g/mol. The van der Waals surface area contributed by atoms with Crippen molar-refractivity contribution in [2.45, 2.75) is 13.0 Å². The summed E-state index contributed by atoms with van der Waals surface area (Å²) in [5.74, 6) is 1.10.